The number of hydrogen-bond acceptors (Lipinski definition) is 8. The SMILES string of the molecule is C=N/C(CNC(=O)c1cnc(N2CCC[C@H]2CO)nc1NCc1ccc(OC)c(Cl)c1)=N\C=C/C. The fourth-order valence-electron chi connectivity index (χ4n) is 3.66. The summed E-state index contributed by atoms with van der Waals surface area (Å²) in [6, 6.07) is 5.40. The zero-order valence-electron chi connectivity index (χ0n) is 19.9. The van der Waals surface area contributed by atoms with Crippen molar-refractivity contribution in [1.29, 1.82) is 0 Å². The molecule has 10 nitrogen and oxygen atoms in total. The second-order valence-corrected chi connectivity index (χ2v) is 8.20. The molecular formula is C24H30ClN7O3. The number of aromatic nitrogens is 2. The molecule has 0 aliphatic carbocycles. The number of aliphatic imine (C=N–C) groups is 2. The minimum atomic E-state index is -0.385. The average molecular weight is 500 g/mol. The van der Waals surface area contributed by atoms with E-state index >= 15 is 0 Å². The molecule has 1 fully saturated rings. The predicted molar refractivity (Wildman–Crippen MR) is 139 cm³/mol. The number of nitrogens with zero attached hydrogens (tertiary/aromatic N) is 5. The Morgan fingerprint density at radius 1 is 1.46 bits per heavy atom. The van der Waals surface area contributed by atoms with Crippen molar-refractivity contribution in [3.05, 3.63) is 52.8 Å². The van der Waals surface area contributed by atoms with E-state index in [9.17, 15) is 9.90 Å². The zero-order valence-corrected chi connectivity index (χ0v) is 20.6. The van der Waals surface area contributed by atoms with E-state index in [0.29, 0.717) is 34.9 Å². The molecule has 0 unspecified atom stereocenters. The van der Waals surface area contributed by atoms with Crippen molar-refractivity contribution < 1.29 is 14.6 Å². The first-order valence-corrected chi connectivity index (χ1v) is 11.6. The Kier molecular flexibility index (Phi) is 9.56. The third kappa shape index (κ3) is 6.77. The largest absolute Gasteiger partial charge is 0.495 e. The lowest BCUT2D eigenvalue weighted by molar-refractivity contribution is 0.0959. The Labute approximate surface area is 209 Å². The molecular weight excluding hydrogens is 470 g/mol. The minimum Gasteiger partial charge on any atom is -0.495 e. The maximum absolute atomic E-state index is 13.0. The smallest absolute Gasteiger partial charge is 0.256 e. The van der Waals surface area contributed by atoms with Crippen molar-refractivity contribution in [2.24, 2.45) is 9.98 Å². The molecule has 0 radical (unpaired) electrons. The number of allylic oxidation sites excluding steroid dienone is 1. The number of methoxy groups -OCH3 is 1. The van der Waals surface area contributed by atoms with Gasteiger partial charge in [0.2, 0.25) is 5.95 Å². The van der Waals surface area contributed by atoms with Gasteiger partial charge >= 0.3 is 0 Å². The van der Waals surface area contributed by atoms with E-state index in [1.807, 2.05) is 17.9 Å². The van der Waals surface area contributed by atoms with Gasteiger partial charge in [0.1, 0.15) is 23.0 Å². The van der Waals surface area contributed by atoms with Crippen molar-refractivity contribution in [2.45, 2.75) is 32.4 Å². The Morgan fingerprint density at radius 2 is 2.29 bits per heavy atom. The molecule has 35 heavy (non-hydrogen) atoms. The number of amidine groups is 1. The molecule has 1 aromatic carbocycles. The highest BCUT2D eigenvalue weighted by Gasteiger charge is 2.27. The summed E-state index contributed by atoms with van der Waals surface area (Å²) in [5.41, 5.74) is 1.15. The number of carbonyl (C=O) groups excluding carboxylic acids is 1. The number of halogens is 1. The molecule has 2 aromatic rings. The number of hydrogen-bond donors (Lipinski definition) is 3. The van der Waals surface area contributed by atoms with Crippen LogP contribution in [0, 0.1) is 0 Å². The topological polar surface area (TPSA) is 124 Å². The second-order valence-electron chi connectivity index (χ2n) is 7.80. The molecule has 1 aliphatic rings. The van der Waals surface area contributed by atoms with Crippen LogP contribution in [0.15, 0.2) is 46.7 Å². The molecule has 186 valence electrons. The number of benzene rings is 1. The number of carbonyl (C=O) groups is 1. The third-order valence-corrected chi connectivity index (χ3v) is 5.80. The first kappa shape index (κ1) is 26.1. The molecule has 1 amide bonds. The fourth-order valence-corrected chi connectivity index (χ4v) is 3.94. The van der Waals surface area contributed by atoms with Gasteiger partial charge in [0, 0.05) is 25.5 Å². The van der Waals surface area contributed by atoms with Crippen LogP contribution in [0.1, 0.15) is 35.7 Å². The molecule has 3 rings (SSSR count). The van der Waals surface area contributed by atoms with Crippen LogP contribution in [0.2, 0.25) is 5.02 Å². The van der Waals surface area contributed by atoms with E-state index < -0.39 is 0 Å². The van der Waals surface area contributed by atoms with E-state index in [0.717, 1.165) is 24.9 Å². The molecule has 2 heterocycles. The summed E-state index contributed by atoms with van der Waals surface area (Å²) < 4.78 is 5.21. The van der Waals surface area contributed by atoms with E-state index in [4.69, 9.17) is 16.3 Å². The Hall–Kier alpha value is -3.50. The van der Waals surface area contributed by atoms with E-state index in [1.54, 1.807) is 31.5 Å². The van der Waals surface area contributed by atoms with E-state index in [1.165, 1.54) is 6.20 Å². The number of nitrogens with one attached hydrogen (secondary N) is 2. The maximum Gasteiger partial charge on any atom is 0.256 e. The van der Waals surface area contributed by atoms with Crippen LogP contribution in [0.3, 0.4) is 0 Å². The number of ether oxygens (including phenoxy) is 1. The van der Waals surface area contributed by atoms with Gasteiger partial charge in [-0.3, -0.25) is 4.79 Å². The van der Waals surface area contributed by atoms with Gasteiger partial charge in [-0.25, -0.2) is 15.0 Å². The average Bonchev–Trinajstić information content (AvgIpc) is 3.36. The highest BCUT2D eigenvalue weighted by atomic mass is 35.5. The lowest BCUT2D eigenvalue weighted by atomic mass is 10.2. The molecule has 1 atom stereocenters. The summed E-state index contributed by atoms with van der Waals surface area (Å²) in [7, 11) is 1.56. The van der Waals surface area contributed by atoms with Crippen LogP contribution in [0.4, 0.5) is 11.8 Å². The highest BCUT2D eigenvalue weighted by molar-refractivity contribution is 6.32. The number of aliphatic hydroxyl groups excluding tert-OH is 1. The number of aliphatic hydroxyl groups is 1. The Bertz CT molecular complexity index is 1110. The lowest BCUT2D eigenvalue weighted by Crippen LogP contribution is -2.34. The molecule has 1 aliphatic heterocycles. The summed E-state index contributed by atoms with van der Waals surface area (Å²) >= 11 is 6.25. The van der Waals surface area contributed by atoms with Crippen LogP contribution >= 0.6 is 11.6 Å². The van der Waals surface area contributed by atoms with Crippen molar-refractivity contribution in [2.75, 3.05) is 37.0 Å². The van der Waals surface area contributed by atoms with Crippen LogP contribution in [-0.2, 0) is 6.54 Å². The van der Waals surface area contributed by atoms with Gasteiger partial charge in [0.25, 0.3) is 5.91 Å². The van der Waals surface area contributed by atoms with Crippen LogP contribution in [0.25, 0.3) is 0 Å². The Morgan fingerprint density at radius 3 is 2.97 bits per heavy atom. The summed E-state index contributed by atoms with van der Waals surface area (Å²) in [6.07, 6.45) is 6.61. The van der Waals surface area contributed by atoms with Gasteiger partial charge in [-0.15, -0.1) is 0 Å². The number of anilines is 2. The van der Waals surface area contributed by atoms with Gasteiger partial charge in [-0.2, -0.15) is 4.98 Å². The predicted octanol–water partition coefficient (Wildman–Crippen LogP) is 3.07. The van der Waals surface area contributed by atoms with Crippen LogP contribution < -0.4 is 20.3 Å². The standard InChI is InChI=1S/C24H30ClN7O3/c1-4-9-27-21(26-2)14-29-23(34)18-13-30-24(32-10-5-6-17(32)15-33)31-22(18)28-12-16-7-8-20(35-3)19(25)11-16/h4,7-9,11,13,17,33H,2,5-6,10,12,14-15H2,1,3H3,(H,29,34)(H,28,30,31)/b9-4-,27-21-/t17-/m0/s1. The van der Waals surface area contributed by atoms with Crippen molar-refractivity contribution >= 4 is 41.8 Å². The quantitative estimate of drug-likeness (QED) is 0.339. The highest BCUT2D eigenvalue weighted by Crippen LogP contribution is 2.27. The van der Waals surface area contributed by atoms with E-state index in [-0.39, 0.29) is 30.7 Å². The Balaban J connectivity index is 1.85. The van der Waals surface area contributed by atoms with Gasteiger partial charge in [0.05, 0.1) is 31.3 Å². The lowest BCUT2D eigenvalue weighted by Gasteiger charge is -2.24. The second kappa shape index (κ2) is 12.8. The minimum absolute atomic E-state index is 0.0155. The first-order valence-electron chi connectivity index (χ1n) is 11.2. The van der Waals surface area contributed by atoms with Crippen molar-refractivity contribution in [3.8, 4) is 5.75 Å². The first-order chi connectivity index (χ1) is 17.0. The maximum atomic E-state index is 13.0. The molecule has 0 bridgehead atoms. The van der Waals surface area contributed by atoms with Gasteiger partial charge in [-0.1, -0.05) is 23.7 Å². The molecule has 1 aromatic heterocycles. The van der Waals surface area contributed by atoms with Gasteiger partial charge in [0.15, 0.2) is 0 Å². The zero-order chi connectivity index (χ0) is 25.2. The van der Waals surface area contributed by atoms with Crippen LogP contribution in [0.5, 0.6) is 5.75 Å². The number of amides is 1. The fraction of sp³-hybridized carbons (Fsp3) is 0.375. The van der Waals surface area contributed by atoms with Crippen molar-refractivity contribution in [1.82, 2.24) is 15.3 Å². The molecule has 3 N–H and O–H groups in total. The number of rotatable bonds is 10. The molecule has 1 saturated heterocycles. The van der Waals surface area contributed by atoms with Gasteiger partial charge < -0.3 is 25.4 Å². The van der Waals surface area contributed by atoms with Crippen molar-refractivity contribution in [3.63, 3.8) is 0 Å². The summed E-state index contributed by atoms with van der Waals surface area (Å²) in [5.74, 6) is 1.39. The van der Waals surface area contributed by atoms with Gasteiger partial charge in [-0.05, 0) is 44.2 Å². The molecule has 0 saturated carbocycles. The summed E-state index contributed by atoms with van der Waals surface area (Å²) in [6.45, 7) is 6.53. The third-order valence-electron chi connectivity index (χ3n) is 5.50. The summed E-state index contributed by atoms with van der Waals surface area (Å²) in [4.78, 5) is 32.0. The summed E-state index contributed by atoms with van der Waals surface area (Å²) in [5, 5.41) is 16.2. The molecule has 0 spiro atoms. The normalized spacial score (nSPS) is 15.9. The monoisotopic (exact) mass is 499 g/mol. The van der Waals surface area contributed by atoms with E-state index in [2.05, 4.69) is 37.3 Å². The molecule has 11 heteroatoms. The van der Waals surface area contributed by atoms with Crippen LogP contribution in [-0.4, -0.2) is 66.4 Å².